The number of aliphatic hydroxyl groups excluding tert-OH is 1. The van der Waals surface area contributed by atoms with Crippen LogP contribution >= 0.6 is 12.4 Å². The van der Waals surface area contributed by atoms with Crippen LogP contribution in [0.3, 0.4) is 0 Å². The van der Waals surface area contributed by atoms with Gasteiger partial charge in [0.2, 0.25) is 0 Å². The lowest BCUT2D eigenvalue weighted by Crippen LogP contribution is -2.22. The molecule has 0 unspecified atom stereocenters. The van der Waals surface area contributed by atoms with E-state index in [2.05, 4.69) is 0 Å². The van der Waals surface area contributed by atoms with Crippen molar-refractivity contribution in [1.29, 1.82) is 0 Å². The van der Waals surface area contributed by atoms with Crippen molar-refractivity contribution in [2.75, 3.05) is 6.54 Å². The Labute approximate surface area is 59.1 Å². The fourth-order valence-corrected chi connectivity index (χ4v) is 0.281. The Kier molecular flexibility index (Phi) is 7.41. The van der Waals surface area contributed by atoms with Crippen LogP contribution in [0.15, 0.2) is 0 Å². The third kappa shape index (κ3) is 5.55. The Hall–Kier alpha value is -0.320. The Morgan fingerprint density at radius 3 is 2.22 bits per heavy atom. The van der Waals surface area contributed by atoms with E-state index in [9.17, 15) is 4.79 Å². The number of nitrogens with two attached hydrogens (primary N) is 1. The molecule has 0 saturated heterocycles. The molecule has 0 saturated carbocycles. The summed E-state index contributed by atoms with van der Waals surface area (Å²) in [7, 11) is 0. The molecule has 0 spiro atoms. The molecule has 0 aromatic heterocycles. The molecule has 4 N–H and O–H groups in total. The predicted molar refractivity (Wildman–Crippen MR) is 34.6 cm³/mol. The summed E-state index contributed by atoms with van der Waals surface area (Å²) in [5, 5.41) is 16.5. The van der Waals surface area contributed by atoms with E-state index in [0.717, 1.165) is 0 Å². The third-order valence-electron chi connectivity index (χ3n) is 0.725. The van der Waals surface area contributed by atoms with Gasteiger partial charge in [0.1, 0.15) is 0 Å². The van der Waals surface area contributed by atoms with Gasteiger partial charge in [-0.2, -0.15) is 0 Å². The van der Waals surface area contributed by atoms with Crippen molar-refractivity contribution in [1.82, 2.24) is 0 Å². The van der Waals surface area contributed by atoms with Crippen LogP contribution in [0.2, 0.25) is 0 Å². The highest BCUT2D eigenvalue weighted by Crippen LogP contribution is 1.86. The molecule has 0 aliphatic heterocycles. The molecule has 0 rings (SSSR count). The lowest BCUT2D eigenvalue weighted by Gasteiger charge is -1.99. The minimum atomic E-state index is -1.29. The first-order valence-electron chi connectivity index (χ1n) is 2.29. The van der Waals surface area contributed by atoms with Gasteiger partial charge in [0.05, 0.1) is 0 Å². The summed E-state index contributed by atoms with van der Waals surface area (Å²) in [6.45, 7) is 0.202. The molecular weight excluding hydrogens is 146 g/mol. The van der Waals surface area contributed by atoms with Gasteiger partial charge in [0.25, 0.3) is 0 Å². The first kappa shape index (κ1) is 11.5. The van der Waals surface area contributed by atoms with Crippen LogP contribution in [-0.2, 0) is 4.79 Å². The topological polar surface area (TPSA) is 83.5 Å². The molecule has 0 bridgehead atoms. The van der Waals surface area contributed by atoms with E-state index in [1.54, 1.807) is 0 Å². The molecule has 0 aromatic rings. The highest BCUT2D eigenvalue weighted by atomic mass is 35.5. The van der Waals surface area contributed by atoms with Gasteiger partial charge in [-0.1, -0.05) is 0 Å². The van der Waals surface area contributed by atoms with Crippen molar-refractivity contribution >= 4 is 18.4 Å². The van der Waals surface area contributed by atoms with Crippen LogP contribution in [0.5, 0.6) is 0 Å². The van der Waals surface area contributed by atoms with E-state index in [0.29, 0.717) is 0 Å². The van der Waals surface area contributed by atoms with Crippen LogP contribution in [0.25, 0.3) is 0 Å². The van der Waals surface area contributed by atoms with Gasteiger partial charge in [-0.3, -0.25) is 0 Å². The summed E-state index contributed by atoms with van der Waals surface area (Å²) in [4.78, 5) is 9.78. The summed E-state index contributed by atoms with van der Waals surface area (Å²) in [6, 6.07) is 0. The second-order valence-electron chi connectivity index (χ2n) is 1.43. The van der Waals surface area contributed by atoms with Crippen LogP contribution in [0.4, 0.5) is 0 Å². The normalized spacial score (nSPS) is 11.8. The van der Waals surface area contributed by atoms with Crippen molar-refractivity contribution in [3.8, 4) is 0 Å². The standard InChI is InChI=1S/C4H9NO3.ClH/c5-2-1-3(6)4(7)8;/h3,6H,1-2,5H2,(H,7,8);1H/t3-;/m1./s1. The lowest BCUT2D eigenvalue weighted by molar-refractivity contribution is -0.146. The molecule has 56 valence electrons. The zero-order chi connectivity index (χ0) is 6.57. The van der Waals surface area contributed by atoms with Crippen molar-refractivity contribution in [2.24, 2.45) is 5.73 Å². The molecule has 0 fully saturated rings. The Bertz CT molecular complexity index is 87.9. The number of rotatable bonds is 3. The van der Waals surface area contributed by atoms with Crippen molar-refractivity contribution in [3.05, 3.63) is 0 Å². The number of carbonyl (C=O) groups is 1. The molecular formula is C4H10ClNO3. The molecule has 0 aliphatic carbocycles. The second-order valence-corrected chi connectivity index (χ2v) is 1.43. The van der Waals surface area contributed by atoms with Crippen molar-refractivity contribution in [2.45, 2.75) is 12.5 Å². The quantitative estimate of drug-likeness (QED) is 0.499. The van der Waals surface area contributed by atoms with Gasteiger partial charge in [-0.15, -0.1) is 12.4 Å². The zero-order valence-corrected chi connectivity index (χ0v) is 5.60. The number of carboxylic acid groups (broad SMARTS) is 1. The van der Waals surface area contributed by atoms with Gasteiger partial charge in [-0.25, -0.2) is 4.79 Å². The summed E-state index contributed by atoms with van der Waals surface area (Å²) in [6.07, 6.45) is -1.17. The summed E-state index contributed by atoms with van der Waals surface area (Å²) in [5.74, 6) is -1.21. The molecule has 0 aromatic carbocycles. The van der Waals surface area contributed by atoms with Crippen LogP contribution in [0.1, 0.15) is 6.42 Å². The molecule has 9 heavy (non-hydrogen) atoms. The van der Waals surface area contributed by atoms with E-state index in [4.69, 9.17) is 15.9 Å². The predicted octanol–water partition coefficient (Wildman–Crippen LogP) is -0.798. The molecule has 0 aliphatic rings. The van der Waals surface area contributed by atoms with Crippen molar-refractivity contribution < 1.29 is 15.0 Å². The maximum absolute atomic E-state index is 9.78. The summed E-state index contributed by atoms with van der Waals surface area (Å²) >= 11 is 0. The smallest absolute Gasteiger partial charge is 0.332 e. The Balaban J connectivity index is 0. The number of aliphatic carboxylic acids is 1. The fourth-order valence-electron chi connectivity index (χ4n) is 0.281. The van der Waals surface area contributed by atoms with Crippen LogP contribution < -0.4 is 5.73 Å². The minimum Gasteiger partial charge on any atom is -0.479 e. The number of halogens is 1. The third-order valence-corrected chi connectivity index (χ3v) is 0.725. The zero-order valence-electron chi connectivity index (χ0n) is 4.78. The lowest BCUT2D eigenvalue weighted by atomic mass is 10.3. The second kappa shape index (κ2) is 5.81. The molecule has 5 heteroatoms. The van der Waals surface area contributed by atoms with Crippen LogP contribution in [0, 0.1) is 0 Å². The fraction of sp³-hybridized carbons (Fsp3) is 0.750. The summed E-state index contributed by atoms with van der Waals surface area (Å²) < 4.78 is 0. The maximum atomic E-state index is 9.78. The first-order chi connectivity index (χ1) is 3.68. The molecule has 1 atom stereocenters. The van der Waals surface area contributed by atoms with E-state index >= 15 is 0 Å². The van der Waals surface area contributed by atoms with Gasteiger partial charge in [-0.05, 0) is 13.0 Å². The molecule has 0 heterocycles. The largest absolute Gasteiger partial charge is 0.479 e. The monoisotopic (exact) mass is 155 g/mol. The van der Waals surface area contributed by atoms with E-state index in [1.807, 2.05) is 0 Å². The maximum Gasteiger partial charge on any atom is 0.332 e. The van der Waals surface area contributed by atoms with Gasteiger partial charge in [0, 0.05) is 0 Å². The summed E-state index contributed by atoms with van der Waals surface area (Å²) in [5.41, 5.74) is 4.94. The van der Waals surface area contributed by atoms with E-state index in [1.165, 1.54) is 0 Å². The molecule has 0 radical (unpaired) electrons. The highest BCUT2D eigenvalue weighted by molar-refractivity contribution is 5.85. The molecule has 4 nitrogen and oxygen atoms in total. The van der Waals surface area contributed by atoms with E-state index < -0.39 is 12.1 Å². The van der Waals surface area contributed by atoms with Crippen molar-refractivity contribution in [3.63, 3.8) is 0 Å². The average molecular weight is 156 g/mol. The van der Waals surface area contributed by atoms with Gasteiger partial charge in [0.15, 0.2) is 6.10 Å². The SMILES string of the molecule is Cl.NCC[C@@H](O)C(=O)O. The number of aliphatic hydroxyl groups is 1. The number of carboxylic acids is 1. The molecule has 0 amide bonds. The number of hydrogen-bond donors (Lipinski definition) is 3. The number of hydrogen-bond acceptors (Lipinski definition) is 3. The van der Waals surface area contributed by atoms with E-state index in [-0.39, 0.29) is 25.4 Å². The Morgan fingerprint density at radius 2 is 2.11 bits per heavy atom. The highest BCUT2D eigenvalue weighted by Gasteiger charge is 2.09. The minimum absolute atomic E-state index is 0. The average Bonchev–Trinajstić information content (AvgIpc) is 1.67. The van der Waals surface area contributed by atoms with Gasteiger partial charge >= 0.3 is 5.97 Å². The van der Waals surface area contributed by atoms with Gasteiger partial charge < -0.3 is 15.9 Å². The first-order valence-corrected chi connectivity index (χ1v) is 2.29. The van der Waals surface area contributed by atoms with Crippen LogP contribution in [-0.4, -0.2) is 28.8 Å². The Morgan fingerprint density at radius 1 is 1.67 bits per heavy atom.